The minimum absolute atomic E-state index is 0.0140. The molecule has 2 heterocycles. The Morgan fingerprint density at radius 2 is 2.00 bits per heavy atom. The van der Waals surface area contributed by atoms with E-state index < -0.39 is 39.9 Å². The maximum absolute atomic E-state index is 13.8. The molecule has 1 aliphatic heterocycles. The fraction of sp³-hybridized carbons (Fsp3) is 0.286. The number of amides is 1. The standard InChI is InChI=1S/C14H8F2N2O4/c15-8-6(4-19)3-7-10(9(8)16)22-17-12(7)18-5-14(1-2-14)11(20)13(18)21/h3-4H,1-2,5H2. The molecule has 1 spiro atoms. The summed E-state index contributed by atoms with van der Waals surface area (Å²) < 4.78 is 32.2. The van der Waals surface area contributed by atoms with Crippen molar-refractivity contribution in [2.24, 2.45) is 5.41 Å². The molecule has 1 aromatic heterocycles. The number of anilines is 1. The molecule has 8 heteroatoms. The highest BCUT2D eigenvalue weighted by molar-refractivity contribution is 6.46. The van der Waals surface area contributed by atoms with Crippen LogP contribution in [0.25, 0.3) is 11.0 Å². The number of benzene rings is 1. The Balaban J connectivity index is 1.90. The Hall–Kier alpha value is -2.64. The van der Waals surface area contributed by atoms with Crippen LogP contribution in [0.2, 0.25) is 0 Å². The zero-order valence-corrected chi connectivity index (χ0v) is 11.1. The van der Waals surface area contributed by atoms with Crippen LogP contribution >= 0.6 is 0 Å². The van der Waals surface area contributed by atoms with Gasteiger partial charge in [-0.25, -0.2) is 4.39 Å². The third kappa shape index (κ3) is 1.46. The van der Waals surface area contributed by atoms with Gasteiger partial charge in [-0.1, -0.05) is 5.16 Å². The number of carbonyl (C=O) groups excluding carboxylic acids is 3. The SMILES string of the molecule is O=Cc1cc2c(N3CC4(CC4)C(=O)C3=O)noc2c(F)c1F. The van der Waals surface area contributed by atoms with Crippen LogP contribution in [0.15, 0.2) is 10.6 Å². The van der Waals surface area contributed by atoms with Crippen LogP contribution in [0.3, 0.4) is 0 Å². The summed E-state index contributed by atoms with van der Waals surface area (Å²) in [7, 11) is 0. The van der Waals surface area contributed by atoms with Gasteiger partial charge in [-0.2, -0.15) is 4.39 Å². The molecule has 6 nitrogen and oxygen atoms in total. The molecule has 1 aliphatic carbocycles. The van der Waals surface area contributed by atoms with E-state index in [9.17, 15) is 23.2 Å². The number of rotatable bonds is 2. The molecule has 2 fully saturated rings. The van der Waals surface area contributed by atoms with E-state index in [4.69, 9.17) is 4.52 Å². The van der Waals surface area contributed by atoms with Crippen LogP contribution in [-0.2, 0) is 9.59 Å². The molecule has 0 bridgehead atoms. The van der Waals surface area contributed by atoms with Gasteiger partial charge in [0.1, 0.15) is 0 Å². The molecule has 0 atom stereocenters. The van der Waals surface area contributed by atoms with Gasteiger partial charge in [-0.3, -0.25) is 19.3 Å². The molecular formula is C14H8F2N2O4. The van der Waals surface area contributed by atoms with Gasteiger partial charge < -0.3 is 4.52 Å². The number of carbonyl (C=O) groups is 3. The van der Waals surface area contributed by atoms with Crippen LogP contribution in [0.4, 0.5) is 14.6 Å². The lowest BCUT2D eigenvalue weighted by molar-refractivity contribution is -0.136. The molecule has 22 heavy (non-hydrogen) atoms. The average Bonchev–Trinajstić information content (AvgIpc) is 3.12. The topological polar surface area (TPSA) is 80.5 Å². The fourth-order valence-corrected chi connectivity index (χ4v) is 2.81. The lowest BCUT2D eigenvalue weighted by atomic mass is 10.1. The fourth-order valence-electron chi connectivity index (χ4n) is 2.81. The van der Waals surface area contributed by atoms with E-state index in [1.807, 2.05) is 0 Å². The van der Waals surface area contributed by atoms with Crippen LogP contribution < -0.4 is 4.90 Å². The van der Waals surface area contributed by atoms with Gasteiger partial charge in [0.25, 0.3) is 5.91 Å². The van der Waals surface area contributed by atoms with Gasteiger partial charge in [0, 0.05) is 6.54 Å². The normalized spacial score (nSPS) is 19.5. The molecule has 1 aromatic carbocycles. The first kappa shape index (κ1) is 13.1. The predicted octanol–water partition coefficient (Wildman–Crippen LogP) is 1.61. The van der Waals surface area contributed by atoms with Crippen LogP contribution in [0, 0.1) is 17.0 Å². The Labute approximate surface area is 121 Å². The second kappa shape index (κ2) is 3.96. The number of Topliss-reactive ketones (excluding diaryl/α,β-unsaturated/α-hetero) is 1. The molecule has 0 unspecified atom stereocenters. The zero-order valence-electron chi connectivity index (χ0n) is 11.1. The molecular weight excluding hydrogens is 298 g/mol. The third-order valence-electron chi connectivity index (χ3n) is 4.27. The lowest BCUT2D eigenvalue weighted by Gasteiger charge is -2.11. The predicted molar refractivity (Wildman–Crippen MR) is 68.3 cm³/mol. The smallest absolute Gasteiger partial charge is 0.296 e. The second-order valence-electron chi connectivity index (χ2n) is 5.60. The van der Waals surface area contributed by atoms with Crippen molar-refractivity contribution in [3.63, 3.8) is 0 Å². The molecule has 1 amide bonds. The number of hydrogen-bond acceptors (Lipinski definition) is 5. The number of aromatic nitrogens is 1. The summed E-state index contributed by atoms with van der Waals surface area (Å²) in [6.07, 6.45) is 1.40. The van der Waals surface area contributed by atoms with Gasteiger partial charge in [0.05, 0.1) is 16.4 Å². The molecule has 2 aromatic rings. The van der Waals surface area contributed by atoms with Gasteiger partial charge in [0.15, 0.2) is 17.9 Å². The van der Waals surface area contributed by atoms with Gasteiger partial charge in [0.2, 0.25) is 17.2 Å². The first-order valence-electron chi connectivity index (χ1n) is 6.57. The summed E-state index contributed by atoms with van der Waals surface area (Å²) in [5, 5.41) is 3.57. The summed E-state index contributed by atoms with van der Waals surface area (Å²) in [5.74, 6) is -4.00. The number of halogens is 2. The molecule has 2 aliphatic rings. The number of fused-ring (bicyclic) bond motifs is 1. The van der Waals surface area contributed by atoms with E-state index in [1.54, 1.807) is 0 Å². The third-order valence-corrected chi connectivity index (χ3v) is 4.27. The second-order valence-corrected chi connectivity index (χ2v) is 5.60. The van der Waals surface area contributed by atoms with E-state index in [0.717, 1.165) is 11.0 Å². The number of aldehydes is 1. The Morgan fingerprint density at radius 3 is 2.59 bits per heavy atom. The minimum atomic E-state index is -1.35. The summed E-state index contributed by atoms with van der Waals surface area (Å²) in [4.78, 5) is 35.9. The number of hydrogen-bond donors (Lipinski definition) is 0. The summed E-state index contributed by atoms with van der Waals surface area (Å²) >= 11 is 0. The summed E-state index contributed by atoms with van der Waals surface area (Å²) in [6, 6.07) is 1.06. The Bertz CT molecular complexity index is 869. The van der Waals surface area contributed by atoms with Crippen molar-refractivity contribution in [3.8, 4) is 0 Å². The molecule has 0 N–H and O–H groups in total. The van der Waals surface area contributed by atoms with Crippen molar-refractivity contribution < 1.29 is 27.7 Å². The highest BCUT2D eigenvalue weighted by Crippen LogP contribution is 2.52. The lowest BCUT2D eigenvalue weighted by Crippen LogP contribution is -2.27. The first-order valence-corrected chi connectivity index (χ1v) is 6.57. The van der Waals surface area contributed by atoms with E-state index in [2.05, 4.69) is 5.16 Å². The maximum Gasteiger partial charge on any atom is 0.296 e. The molecule has 112 valence electrons. The van der Waals surface area contributed by atoms with E-state index in [-0.39, 0.29) is 24.0 Å². The van der Waals surface area contributed by atoms with E-state index in [1.165, 1.54) is 0 Å². The molecule has 0 radical (unpaired) electrons. The minimum Gasteiger partial charge on any atom is -0.351 e. The van der Waals surface area contributed by atoms with Crippen molar-refractivity contribution in [3.05, 3.63) is 23.3 Å². The average molecular weight is 306 g/mol. The summed E-state index contributed by atoms with van der Waals surface area (Å²) in [6.45, 7) is 0.141. The number of ketones is 1. The Kier molecular flexibility index (Phi) is 2.35. The van der Waals surface area contributed by atoms with Crippen molar-refractivity contribution >= 4 is 34.8 Å². The highest BCUT2D eigenvalue weighted by atomic mass is 19.2. The summed E-state index contributed by atoms with van der Waals surface area (Å²) in [5.41, 5.74) is -1.67. The maximum atomic E-state index is 13.8. The van der Waals surface area contributed by atoms with Crippen molar-refractivity contribution in [1.82, 2.24) is 5.16 Å². The monoisotopic (exact) mass is 306 g/mol. The van der Waals surface area contributed by atoms with Crippen molar-refractivity contribution in [2.75, 3.05) is 11.4 Å². The van der Waals surface area contributed by atoms with Crippen LogP contribution in [0.5, 0.6) is 0 Å². The molecule has 1 saturated carbocycles. The quantitative estimate of drug-likeness (QED) is 0.622. The van der Waals surface area contributed by atoms with Crippen molar-refractivity contribution in [1.29, 1.82) is 0 Å². The zero-order chi connectivity index (χ0) is 15.6. The molecule has 4 rings (SSSR count). The first-order chi connectivity index (χ1) is 10.5. The largest absolute Gasteiger partial charge is 0.351 e. The molecule has 1 saturated heterocycles. The van der Waals surface area contributed by atoms with Crippen LogP contribution in [-0.4, -0.2) is 29.7 Å². The van der Waals surface area contributed by atoms with Gasteiger partial charge >= 0.3 is 0 Å². The van der Waals surface area contributed by atoms with Crippen molar-refractivity contribution in [2.45, 2.75) is 12.8 Å². The number of nitrogens with zero attached hydrogens (tertiary/aromatic N) is 2. The van der Waals surface area contributed by atoms with E-state index in [0.29, 0.717) is 12.8 Å². The highest BCUT2D eigenvalue weighted by Gasteiger charge is 2.60. The van der Waals surface area contributed by atoms with Gasteiger partial charge in [-0.15, -0.1) is 0 Å². The van der Waals surface area contributed by atoms with Crippen LogP contribution in [0.1, 0.15) is 23.2 Å². The Morgan fingerprint density at radius 1 is 1.27 bits per heavy atom. The van der Waals surface area contributed by atoms with Gasteiger partial charge in [-0.05, 0) is 18.9 Å². The van der Waals surface area contributed by atoms with E-state index >= 15 is 0 Å².